The molecule has 1 saturated heterocycles. The molecule has 0 aliphatic carbocycles. The highest BCUT2D eigenvalue weighted by atomic mass is 32.2. The van der Waals surface area contributed by atoms with E-state index in [0.717, 1.165) is 34.6 Å². The molecule has 0 amide bonds. The Labute approximate surface area is 174 Å². The molecule has 6 rings (SSSR count). The van der Waals surface area contributed by atoms with Gasteiger partial charge in [-0.1, -0.05) is 0 Å². The molecule has 2 unspecified atom stereocenters. The van der Waals surface area contributed by atoms with Crippen molar-refractivity contribution in [1.82, 2.24) is 14.9 Å². The number of ether oxygens (including phenoxy) is 1. The van der Waals surface area contributed by atoms with Crippen LogP contribution in [0.3, 0.4) is 0 Å². The Bertz CT molecular complexity index is 1430. The first kappa shape index (κ1) is 18.0. The average Bonchev–Trinajstić information content (AvgIpc) is 3.43. The van der Waals surface area contributed by atoms with E-state index in [2.05, 4.69) is 21.9 Å². The molecular formula is C23H23N3O3S. The van der Waals surface area contributed by atoms with Crippen molar-refractivity contribution in [1.29, 1.82) is 0 Å². The van der Waals surface area contributed by atoms with E-state index in [9.17, 15) is 8.42 Å². The molecule has 2 aliphatic rings. The van der Waals surface area contributed by atoms with Crippen molar-refractivity contribution in [2.45, 2.75) is 41.3 Å². The number of nitrogens with zero attached hydrogens (tertiary/aromatic N) is 1. The summed E-state index contributed by atoms with van der Waals surface area (Å²) in [4.78, 5) is 3.39. The maximum Gasteiger partial charge on any atom is 0.221 e. The second-order valence-corrected chi connectivity index (χ2v) is 10.3. The first-order chi connectivity index (χ1) is 14.5. The summed E-state index contributed by atoms with van der Waals surface area (Å²) in [7, 11) is 0.0194. The number of aryl methyl sites for hydroxylation is 1. The van der Waals surface area contributed by atoms with Gasteiger partial charge < -0.3 is 19.6 Å². The van der Waals surface area contributed by atoms with Gasteiger partial charge in [0.05, 0.1) is 12.0 Å². The van der Waals surface area contributed by atoms with Gasteiger partial charge in [0, 0.05) is 53.1 Å². The lowest BCUT2D eigenvalue weighted by Gasteiger charge is -2.23. The fraction of sp³-hybridized carbons (Fsp3) is 0.304. The lowest BCUT2D eigenvalue weighted by atomic mass is 9.99. The number of aromatic nitrogens is 2. The largest absolute Gasteiger partial charge is 0.497 e. The van der Waals surface area contributed by atoms with Gasteiger partial charge in [-0.2, -0.15) is 0 Å². The zero-order chi connectivity index (χ0) is 20.6. The van der Waals surface area contributed by atoms with Crippen LogP contribution in [0.25, 0.3) is 21.8 Å². The van der Waals surface area contributed by atoms with Crippen LogP contribution < -0.4 is 10.1 Å². The number of methoxy groups -OCH3 is 1. The number of hydrogen-bond donors (Lipinski definition) is 2. The Morgan fingerprint density at radius 2 is 1.97 bits per heavy atom. The van der Waals surface area contributed by atoms with Crippen molar-refractivity contribution in [2.24, 2.45) is 7.05 Å². The number of hydrogen-bond acceptors (Lipinski definition) is 4. The predicted molar refractivity (Wildman–Crippen MR) is 116 cm³/mol. The molecule has 2 N–H and O–H groups in total. The molecule has 2 aromatic heterocycles. The van der Waals surface area contributed by atoms with Gasteiger partial charge >= 0.3 is 0 Å². The lowest BCUT2D eigenvalue weighted by molar-refractivity contribution is 0.415. The van der Waals surface area contributed by atoms with Gasteiger partial charge in [0.2, 0.25) is 9.84 Å². The summed E-state index contributed by atoms with van der Waals surface area (Å²) >= 11 is 0. The zero-order valence-electron chi connectivity index (χ0n) is 16.9. The number of H-pyrrole nitrogens is 1. The molecule has 2 atom stereocenters. The Hall–Kier alpha value is -2.77. The van der Waals surface area contributed by atoms with Gasteiger partial charge in [-0.05, 0) is 60.9 Å². The molecule has 0 saturated carbocycles. The highest BCUT2D eigenvalue weighted by Crippen LogP contribution is 2.42. The molecule has 2 aromatic carbocycles. The molecule has 154 valence electrons. The van der Waals surface area contributed by atoms with Gasteiger partial charge in [-0.25, -0.2) is 8.42 Å². The van der Waals surface area contributed by atoms with E-state index in [4.69, 9.17) is 4.74 Å². The van der Waals surface area contributed by atoms with E-state index >= 15 is 0 Å². The second kappa shape index (κ2) is 6.12. The maximum atomic E-state index is 13.5. The Kier molecular flexibility index (Phi) is 3.68. The molecule has 4 heterocycles. The fourth-order valence-electron chi connectivity index (χ4n) is 5.23. The van der Waals surface area contributed by atoms with Crippen LogP contribution in [-0.2, 0) is 23.3 Å². The van der Waals surface area contributed by atoms with Crippen LogP contribution >= 0.6 is 0 Å². The number of fused-ring (bicyclic) bond motifs is 7. The van der Waals surface area contributed by atoms with Crippen molar-refractivity contribution < 1.29 is 13.2 Å². The quantitative estimate of drug-likeness (QED) is 0.527. The summed E-state index contributed by atoms with van der Waals surface area (Å²) < 4.78 is 34.4. The summed E-state index contributed by atoms with van der Waals surface area (Å²) in [6.45, 7) is 0. The van der Waals surface area contributed by atoms with Crippen molar-refractivity contribution in [2.75, 3.05) is 7.11 Å². The average molecular weight is 422 g/mol. The second-order valence-electron chi connectivity index (χ2n) is 8.39. The van der Waals surface area contributed by atoms with Crippen LogP contribution in [0.4, 0.5) is 0 Å². The molecule has 6 nitrogen and oxygen atoms in total. The summed E-state index contributed by atoms with van der Waals surface area (Å²) in [5.74, 6) is 0.699. The Morgan fingerprint density at radius 1 is 1.10 bits per heavy atom. The van der Waals surface area contributed by atoms with E-state index in [1.165, 1.54) is 17.7 Å². The Morgan fingerprint density at radius 3 is 2.80 bits per heavy atom. The third-order valence-electron chi connectivity index (χ3n) is 6.77. The molecule has 4 aromatic rings. The fourth-order valence-corrected chi connectivity index (χ4v) is 6.53. The highest BCUT2D eigenvalue weighted by molar-refractivity contribution is 7.91. The van der Waals surface area contributed by atoms with Gasteiger partial charge in [0.1, 0.15) is 10.8 Å². The minimum Gasteiger partial charge on any atom is -0.497 e. The van der Waals surface area contributed by atoms with Gasteiger partial charge in [-0.3, -0.25) is 0 Å². The third kappa shape index (κ3) is 2.42. The van der Waals surface area contributed by atoms with Crippen molar-refractivity contribution in [3.8, 4) is 5.75 Å². The number of nitrogens with one attached hydrogen (secondary N) is 2. The molecule has 1 fully saturated rings. The monoisotopic (exact) mass is 421 g/mol. The topological polar surface area (TPSA) is 76.1 Å². The summed E-state index contributed by atoms with van der Waals surface area (Å²) in [6.07, 6.45) is 3.29. The van der Waals surface area contributed by atoms with Gasteiger partial charge in [-0.15, -0.1) is 0 Å². The van der Waals surface area contributed by atoms with E-state index in [1.54, 1.807) is 19.2 Å². The van der Waals surface area contributed by atoms with Crippen LogP contribution in [-0.4, -0.2) is 31.1 Å². The van der Waals surface area contributed by atoms with Crippen molar-refractivity contribution in [3.63, 3.8) is 0 Å². The molecule has 30 heavy (non-hydrogen) atoms. The van der Waals surface area contributed by atoms with Crippen LogP contribution in [0, 0.1) is 0 Å². The van der Waals surface area contributed by atoms with Gasteiger partial charge in [0.15, 0.2) is 0 Å². The first-order valence-electron chi connectivity index (χ1n) is 10.2. The number of aromatic amines is 1. The number of rotatable bonds is 3. The minimum atomic E-state index is -3.67. The summed E-state index contributed by atoms with van der Waals surface area (Å²) in [6, 6.07) is 13.6. The zero-order valence-corrected chi connectivity index (χ0v) is 17.7. The minimum absolute atomic E-state index is 0.203. The SMILES string of the molecule is COc1ccc2[nH]c(S(=O)(=O)c3ccc4c(c3)c3c(n4C)CC4CCC3N4)cc2c1. The van der Waals surface area contributed by atoms with Crippen molar-refractivity contribution in [3.05, 3.63) is 53.7 Å². The normalized spacial score (nSPS) is 20.7. The smallest absolute Gasteiger partial charge is 0.221 e. The van der Waals surface area contributed by atoms with Crippen LogP contribution in [0.2, 0.25) is 0 Å². The molecule has 0 spiro atoms. The van der Waals surface area contributed by atoms with Crippen LogP contribution in [0.1, 0.15) is 30.1 Å². The standard InChI is InChI=1S/C23H23N3O3S/c1-26-20-8-5-16(12-17(20)23-19-6-3-14(24-19)11-21(23)26)30(27,28)22-10-13-9-15(29-2)4-7-18(13)25-22/h4-5,7-10,12,14,19,24-25H,3,6,11H2,1-2H3. The van der Waals surface area contributed by atoms with E-state index in [0.29, 0.717) is 22.7 Å². The van der Waals surface area contributed by atoms with E-state index in [-0.39, 0.29) is 5.03 Å². The van der Waals surface area contributed by atoms with E-state index in [1.807, 2.05) is 30.3 Å². The highest BCUT2D eigenvalue weighted by Gasteiger charge is 2.36. The third-order valence-corrected chi connectivity index (χ3v) is 8.44. The lowest BCUT2D eigenvalue weighted by Crippen LogP contribution is -2.32. The molecule has 2 aliphatic heterocycles. The summed E-state index contributed by atoms with van der Waals surface area (Å²) in [5.41, 5.74) is 4.48. The summed E-state index contributed by atoms with van der Waals surface area (Å²) in [5, 5.41) is 5.75. The van der Waals surface area contributed by atoms with Crippen LogP contribution in [0.5, 0.6) is 5.75 Å². The van der Waals surface area contributed by atoms with E-state index < -0.39 is 9.84 Å². The maximum absolute atomic E-state index is 13.5. The van der Waals surface area contributed by atoms with Gasteiger partial charge in [0.25, 0.3) is 0 Å². The molecule has 7 heteroatoms. The van der Waals surface area contributed by atoms with Crippen molar-refractivity contribution >= 4 is 31.6 Å². The molecule has 0 radical (unpaired) electrons. The number of sulfone groups is 1. The first-order valence-corrected chi connectivity index (χ1v) is 11.7. The number of benzene rings is 2. The molecule has 2 bridgehead atoms. The predicted octanol–water partition coefficient (Wildman–Crippen LogP) is 3.85. The van der Waals surface area contributed by atoms with Crippen LogP contribution in [0.15, 0.2) is 52.4 Å². The Balaban J connectivity index is 1.51. The molecular weight excluding hydrogens is 398 g/mol.